The number of hydrazone groups is 1. The fourth-order valence-electron chi connectivity index (χ4n) is 1.93. The minimum Gasteiger partial charge on any atom is -0.497 e. The van der Waals surface area contributed by atoms with Crippen LogP contribution in [0.1, 0.15) is 5.56 Å². The van der Waals surface area contributed by atoms with Gasteiger partial charge in [0.2, 0.25) is 10.9 Å². The van der Waals surface area contributed by atoms with E-state index in [1.807, 2.05) is 67.5 Å². The summed E-state index contributed by atoms with van der Waals surface area (Å²) < 4.78 is 5.13. The number of benzene rings is 2. The topological polar surface area (TPSA) is 87.6 Å². The molecule has 0 saturated heterocycles. The maximum absolute atomic E-state index is 5.40. The zero-order valence-electron chi connectivity index (χ0n) is 14.3. The summed E-state index contributed by atoms with van der Waals surface area (Å²) in [5.74, 6) is 1.14. The number of thiocarbonyl (C=S) groups is 1. The number of ether oxygens (including phenoxy) is 1. The number of nitrogens with zero attached hydrogens (tertiary/aromatic N) is 4. The molecule has 0 radical (unpaired) electrons. The van der Waals surface area contributed by atoms with Crippen LogP contribution in [0.2, 0.25) is 0 Å². The smallest absolute Gasteiger partial charge is 0.211 e. The maximum Gasteiger partial charge on any atom is 0.211 e. The Labute approximate surface area is 152 Å². The van der Waals surface area contributed by atoms with Gasteiger partial charge in [-0.2, -0.15) is 5.10 Å². The Hall–Kier alpha value is -3.00. The molecule has 25 heavy (non-hydrogen) atoms. The van der Waals surface area contributed by atoms with Crippen LogP contribution < -0.4 is 20.8 Å². The highest BCUT2D eigenvalue weighted by Gasteiger charge is 2.05. The van der Waals surface area contributed by atoms with E-state index in [0.29, 0.717) is 5.84 Å². The number of hydrogen-bond donors (Lipinski definition) is 2. The summed E-state index contributed by atoms with van der Waals surface area (Å²) in [4.78, 5) is 2.01. The van der Waals surface area contributed by atoms with Crippen molar-refractivity contribution in [1.82, 2.24) is 0 Å². The van der Waals surface area contributed by atoms with Crippen molar-refractivity contribution in [2.24, 2.45) is 21.1 Å². The second-order valence-electron chi connectivity index (χ2n) is 5.26. The molecule has 0 aliphatic carbocycles. The van der Waals surface area contributed by atoms with Crippen molar-refractivity contribution >= 4 is 34.5 Å². The van der Waals surface area contributed by atoms with Gasteiger partial charge in [0.15, 0.2) is 0 Å². The quantitative estimate of drug-likeness (QED) is 0.282. The summed E-state index contributed by atoms with van der Waals surface area (Å²) in [7, 11) is 5.57. The minimum atomic E-state index is -0.0536. The fourth-order valence-corrected chi connectivity index (χ4v) is 1.97. The number of anilines is 2. The Morgan fingerprint density at radius 3 is 2.20 bits per heavy atom. The molecule has 2 rings (SSSR count). The molecule has 3 N–H and O–H groups in total. The summed E-state index contributed by atoms with van der Waals surface area (Å²) in [6.07, 6.45) is 0. The minimum absolute atomic E-state index is 0.0536. The van der Waals surface area contributed by atoms with Gasteiger partial charge in [0.1, 0.15) is 5.75 Å². The summed E-state index contributed by atoms with van der Waals surface area (Å²) in [5.41, 5.74) is 11.0. The third-order valence-corrected chi connectivity index (χ3v) is 3.35. The van der Waals surface area contributed by atoms with Gasteiger partial charge in [0.05, 0.1) is 12.8 Å². The molecule has 8 heteroatoms. The van der Waals surface area contributed by atoms with Crippen molar-refractivity contribution in [3.05, 3.63) is 54.1 Å². The Bertz CT molecular complexity index is 769. The lowest BCUT2D eigenvalue weighted by molar-refractivity contribution is 0.415. The molecule has 0 aromatic heterocycles. The van der Waals surface area contributed by atoms with Crippen LogP contribution in [-0.2, 0) is 0 Å². The van der Waals surface area contributed by atoms with Crippen LogP contribution >= 0.6 is 12.2 Å². The van der Waals surface area contributed by atoms with Crippen LogP contribution in [0.3, 0.4) is 0 Å². The predicted molar refractivity (Wildman–Crippen MR) is 106 cm³/mol. The van der Waals surface area contributed by atoms with Crippen molar-refractivity contribution in [2.45, 2.75) is 0 Å². The third-order valence-electron chi connectivity index (χ3n) is 3.27. The van der Waals surface area contributed by atoms with E-state index < -0.39 is 0 Å². The molecular formula is C17H20N6OS. The van der Waals surface area contributed by atoms with E-state index >= 15 is 0 Å². The molecule has 2 aromatic rings. The van der Waals surface area contributed by atoms with Gasteiger partial charge in [-0.3, -0.25) is 5.43 Å². The monoisotopic (exact) mass is 356 g/mol. The summed E-state index contributed by atoms with van der Waals surface area (Å²) in [5, 5.41) is 12.0. The zero-order chi connectivity index (χ0) is 18.2. The van der Waals surface area contributed by atoms with E-state index in [4.69, 9.17) is 22.7 Å². The van der Waals surface area contributed by atoms with Gasteiger partial charge < -0.3 is 15.4 Å². The summed E-state index contributed by atoms with van der Waals surface area (Å²) >= 11 is 4.75. The van der Waals surface area contributed by atoms with Gasteiger partial charge in [-0.25, -0.2) is 0 Å². The van der Waals surface area contributed by atoms with Gasteiger partial charge in [-0.1, -0.05) is 0 Å². The van der Waals surface area contributed by atoms with Crippen molar-refractivity contribution in [2.75, 3.05) is 31.5 Å². The molecule has 2 aromatic carbocycles. The van der Waals surface area contributed by atoms with Crippen molar-refractivity contribution in [3.8, 4) is 5.75 Å². The number of amidine groups is 1. The maximum atomic E-state index is 5.40. The largest absolute Gasteiger partial charge is 0.497 e. The second-order valence-corrected chi connectivity index (χ2v) is 5.67. The predicted octanol–water partition coefficient (Wildman–Crippen LogP) is 3.23. The molecule has 7 nitrogen and oxygen atoms in total. The Kier molecular flexibility index (Phi) is 6.41. The van der Waals surface area contributed by atoms with Crippen LogP contribution in [0, 0.1) is 0 Å². The Balaban J connectivity index is 2.26. The molecule has 130 valence electrons. The average molecular weight is 356 g/mol. The highest BCUT2D eigenvalue weighted by molar-refractivity contribution is 7.80. The van der Waals surface area contributed by atoms with E-state index in [1.54, 1.807) is 7.11 Å². The zero-order valence-corrected chi connectivity index (χ0v) is 15.1. The van der Waals surface area contributed by atoms with Crippen LogP contribution in [0.5, 0.6) is 5.75 Å². The lowest BCUT2D eigenvalue weighted by atomic mass is 10.2. The van der Waals surface area contributed by atoms with Crippen molar-refractivity contribution in [3.63, 3.8) is 0 Å². The highest BCUT2D eigenvalue weighted by Crippen LogP contribution is 2.16. The normalized spacial score (nSPS) is 11.4. The number of hydrogen-bond acceptors (Lipinski definition) is 5. The summed E-state index contributed by atoms with van der Waals surface area (Å²) in [6.45, 7) is 0. The standard InChI is InChI=1S/C17H20N6OS/c1-23(2)14-8-4-12(5-9-14)16(21-22-17(18)25)20-19-13-6-10-15(24-3)11-7-13/h4-11,19H,1-3H3,(H2,18,25)/b20-16+,22-21?. The van der Waals surface area contributed by atoms with E-state index in [9.17, 15) is 0 Å². The molecule has 0 amide bonds. The van der Waals surface area contributed by atoms with Gasteiger partial charge in [-0.15, -0.1) is 10.2 Å². The van der Waals surface area contributed by atoms with Crippen molar-refractivity contribution < 1.29 is 4.74 Å². The first-order chi connectivity index (χ1) is 12.0. The Morgan fingerprint density at radius 2 is 1.68 bits per heavy atom. The molecule has 0 fully saturated rings. The molecule has 0 aliphatic rings. The second kappa shape index (κ2) is 8.74. The number of nitrogens with one attached hydrogen (secondary N) is 1. The SMILES string of the molecule is COc1ccc(N/N=C(/N=NC(N)=S)c2ccc(N(C)C)cc2)cc1. The first-order valence-corrected chi connectivity index (χ1v) is 7.87. The molecule has 0 atom stereocenters. The van der Waals surface area contributed by atoms with Crippen LogP contribution in [-0.4, -0.2) is 32.2 Å². The average Bonchev–Trinajstić information content (AvgIpc) is 2.62. The van der Waals surface area contributed by atoms with Gasteiger partial charge >= 0.3 is 0 Å². The van der Waals surface area contributed by atoms with Gasteiger partial charge in [-0.05, 0) is 60.7 Å². The third kappa shape index (κ3) is 5.54. The highest BCUT2D eigenvalue weighted by atomic mass is 32.1. The molecule has 0 unspecified atom stereocenters. The first-order valence-electron chi connectivity index (χ1n) is 7.46. The van der Waals surface area contributed by atoms with E-state index in [2.05, 4.69) is 20.8 Å². The number of methoxy groups -OCH3 is 1. The van der Waals surface area contributed by atoms with Crippen LogP contribution in [0.15, 0.2) is 63.9 Å². The van der Waals surface area contributed by atoms with Crippen LogP contribution in [0.4, 0.5) is 11.4 Å². The molecule has 0 spiro atoms. The summed E-state index contributed by atoms with van der Waals surface area (Å²) in [6, 6.07) is 15.1. The Morgan fingerprint density at radius 1 is 1.04 bits per heavy atom. The number of azo groups is 1. The number of rotatable bonds is 5. The van der Waals surface area contributed by atoms with E-state index in [-0.39, 0.29) is 5.11 Å². The molecule has 0 bridgehead atoms. The van der Waals surface area contributed by atoms with E-state index in [0.717, 1.165) is 22.7 Å². The first kappa shape index (κ1) is 18.3. The van der Waals surface area contributed by atoms with E-state index in [1.165, 1.54) is 0 Å². The molecule has 0 aliphatic heterocycles. The lowest BCUT2D eigenvalue weighted by Gasteiger charge is -2.12. The fraction of sp³-hybridized carbons (Fsp3) is 0.176. The van der Waals surface area contributed by atoms with Gasteiger partial charge in [0, 0.05) is 25.3 Å². The molecule has 0 heterocycles. The molecular weight excluding hydrogens is 336 g/mol. The van der Waals surface area contributed by atoms with Crippen LogP contribution in [0.25, 0.3) is 0 Å². The van der Waals surface area contributed by atoms with Crippen molar-refractivity contribution in [1.29, 1.82) is 0 Å². The van der Waals surface area contributed by atoms with Gasteiger partial charge in [0.25, 0.3) is 0 Å². The number of nitrogens with two attached hydrogens (primary N) is 1. The molecule has 0 saturated carbocycles. The lowest BCUT2D eigenvalue weighted by Crippen LogP contribution is -2.09.